The molecule has 29 heavy (non-hydrogen) atoms. The van der Waals surface area contributed by atoms with Crippen LogP contribution >= 0.6 is 0 Å². The molecule has 156 valence electrons. The van der Waals surface area contributed by atoms with Gasteiger partial charge in [-0.25, -0.2) is 0 Å². The summed E-state index contributed by atoms with van der Waals surface area (Å²) in [6.07, 6.45) is -1.90. The van der Waals surface area contributed by atoms with Crippen LogP contribution in [0.4, 0.5) is 0 Å². The van der Waals surface area contributed by atoms with E-state index in [-0.39, 0.29) is 34.8 Å². The van der Waals surface area contributed by atoms with Gasteiger partial charge in [0.1, 0.15) is 0 Å². The molecular formula is C21H24O8. The van der Waals surface area contributed by atoms with E-state index in [4.69, 9.17) is 23.7 Å². The first-order chi connectivity index (χ1) is 14.0. The van der Waals surface area contributed by atoms with Gasteiger partial charge in [-0.3, -0.25) is 0 Å². The molecule has 0 aliphatic carbocycles. The molecule has 3 N–H and O–H groups in total. The van der Waals surface area contributed by atoms with Crippen molar-refractivity contribution in [2.24, 2.45) is 11.8 Å². The molecule has 2 aromatic carbocycles. The molecule has 5 atom stereocenters. The van der Waals surface area contributed by atoms with Gasteiger partial charge < -0.3 is 39.0 Å². The predicted molar refractivity (Wildman–Crippen MR) is 101 cm³/mol. The summed E-state index contributed by atoms with van der Waals surface area (Å²) < 4.78 is 27.6. The Morgan fingerprint density at radius 1 is 0.862 bits per heavy atom. The zero-order valence-electron chi connectivity index (χ0n) is 16.4. The van der Waals surface area contributed by atoms with Gasteiger partial charge in [-0.15, -0.1) is 0 Å². The van der Waals surface area contributed by atoms with E-state index in [0.29, 0.717) is 12.4 Å². The number of aliphatic hydroxyl groups excluding tert-OH is 1. The molecule has 2 saturated heterocycles. The van der Waals surface area contributed by atoms with E-state index in [9.17, 15) is 15.3 Å². The molecule has 2 aliphatic heterocycles. The van der Waals surface area contributed by atoms with E-state index >= 15 is 0 Å². The first-order valence-electron chi connectivity index (χ1n) is 9.25. The molecule has 2 heterocycles. The molecule has 0 spiro atoms. The number of hydrogen-bond donors (Lipinski definition) is 3. The summed E-state index contributed by atoms with van der Waals surface area (Å²) in [6.45, 7) is 0.381. The molecule has 2 aromatic rings. The topological polar surface area (TPSA) is 107 Å². The van der Waals surface area contributed by atoms with Gasteiger partial charge >= 0.3 is 0 Å². The minimum atomic E-state index is -1.04. The van der Waals surface area contributed by atoms with Crippen LogP contribution in [0.3, 0.4) is 0 Å². The maximum Gasteiger partial charge on any atom is 0.200 e. The predicted octanol–water partition coefficient (Wildman–Crippen LogP) is 2.52. The van der Waals surface area contributed by atoms with Crippen molar-refractivity contribution in [3.05, 3.63) is 41.5 Å². The average Bonchev–Trinajstić information content (AvgIpc) is 3.30. The molecule has 2 aliphatic rings. The van der Waals surface area contributed by atoms with Crippen molar-refractivity contribution in [1.29, 1.82) is 0 Å². The zero-order chi connectivity index (χ0) is 20.7. The van der Waals surface area contributed by atoms with Crippen LogP contribution in [-0.2, 0) is 9.47 Å². The molecule has 8 heteroatoms. The largest absolute Gasteiger partial charge is 0.504 e. The second-order valence-corrected chi connectivity index (χ2v) is 7.15. The van der Waals surface area contributed by atoms with Crippen molar-refractivity contribution in [1.82, 2.24) is 0 Å². The second kappa shape index (κ2) is 7.62. The van der Waals surface area contributed by atoms with E-state index in [1.165, 1.54) is 21.3 Å². The summed E-state index contributed by atoms with van der Waals surface area (Å²) in [5, 5.41) is 30.7. The molecule has 4 rings (SSSR count). The number of methoxy groups -OCH3 is 3. The number of fused-ring (bicyclic) bond motifs is 1. The Kier molecular flexibility index (Phi) is 5.16. The van der Waals surface area contributed by atoms with Crippen LogP contribution in [0.1, 0.15) is 23.3 Å². The van der Waals surface area contributed by atoms with Crippen molar-refractivity contribution in [2.75, 3.05) is 27.9 Å². The minimum absolute atomic E-state index is 0.0372. The lowest BCUT2D eigenvalue weighted by Gasteiger charge is -2.21. The number of ether oxygens (including phenoxy) is 5. The van der Waals surface area contributed by atoms with Crippen LogP contribution in [0, 0.1) is 11.8 Å². The average molecular weight is 404 g/mol. The Morgan fingerprint density at radius 2 is 1.48 bits per heavy atom. The lowest BCUT2D eigenvalue weighted by atomic mass is 9.84. The van der Waals surface area contributed by atoms with E-state index < -0.39 is 18.5 Å². The molecule has 0 radical (unpaired) electrons. The van der Waals surface area contributed by atoms with Crippen LogP contribution in [0.25, 0.3) is 0 Å². The third-order valence-corrected chi connectivity index (χ3v) is 5.68. The molecular weight excluding hydrogens is 380 g/mol. The van der Waals surface area contributed by atoms with Crippen molar-refractivity contribution in [2.45, 2.75) is 18.5 Å². The first-order valence-corrected chi connectivity index (χ1v) is 9.25. The number of rotatable bonds is 5. The molecule has 0 amide bonds. The lowest BCUT2D eigenvalue weighted by Crippen LogP contribution is -2.22. The molecule has 0 aromatic heterocycles. The van der Waals surface area contributed by atoms with Crippen LogP contribution in [0.5, 0.6) is 28.7 Å². The van der Waals surface area contributed by atoms with Crippen molar-refractivity contribution in [3.8, 4) is 28.7 Å². The number of aliphatic hydroxyl groups is 1. The maximum absolute atomic E-state index is 10.7. The normalized spacial score (nSPS) is 28.2. The highest BCUT2D eigenvalue weighted by molar-refractivity contribution is 5.53. The molecule has 2 unspecified atom stereocenters. The van der Waals surface area contributed by atoms with Crippen LogP contribution in [-0.4, -0.2) is 49.5 Å². The first kappa shape index (κ1) is 19.6. The lowest BCUT2D eigenvalue weighted by molar-refractivity contribution is -0.134. The van der Waals surface area contributed by atoms with E-state index in [1.807, 2.05) is 0 Å². The Balaban J connectivity index is 1.66. The Morgan fingerprint density at radius 3 is 2.10 bits per heavy atom. The molecule has 2 fully saturated rings. The number of aromatic hydroxyl groups is 2. The van der Waals surface area contributed by atoms with Crippen LogP contribution in [0.2, 0.25) is 0 Å². The highest BCUT2D eigenvalue weighted by Gasteiger charge is 2.53. The van der Waals surface area contributed by atoms with E-state index in [2.05, 4.69) is 0 Å². The van der Waals surface area contributed by atoms with Crippen molar-refractivity contribution < 1.29 is 39.0 Å². The van der Waals surface area contributed by atoms with Gasteiger partial charge in [-0.05, 0) is 35.4 Å². The Bertz CT molecular complexity index is 873. The van der Waals surface area contributed by atoms with Gasteiger partial charge in [0.15, 0.2) is 29.3 Å². The second-order valence-electron chi connectivity index (χ2n) is 7.15. The number of phenolic OH excluding ortho intramolecular Hbond substituents is 2. The van der Waals surface area contributed by atoms with Crippen LogP contribution in [0.15, 0.2) is 30.3 Å². The van der Waals surface area contributed by atoms with Gasteiger partial charge in [0.2, 0.25) is 5.75 Å². The van der Waals surface area contributed by atoms with Gasteiger partial charge in [-0.2, -0.15) is 0 Å². The smallest absolute Gasteiger partial charge is 0.200 e. The SMILES string of the molecule is COc1cc([C@H]2OC(O)C3[C@@H](c4cc(OC)c(O)c(OC)c4)OC[C@@H]32)ccc1O. The summed E-state index contributed by atoms with van der Waals surface area (Å²) in [5.74, 6) is 0.390. The van der Waals surface area contributed by atoms with E-state index in [0.717, 1.165) is 11.1 Å². The van der Waals surface area contributed by atoms with Gasteiger partial charge in [0, 0.05) is 11.8 Å². The van der Waals surface area contributed by atoms with Gasteiger partial charge in [-0.1, -0.05) is 6.07 Å². The fraction of sp³-hybridized carbons (Fsp3) is 0.429. The Labute approximate surface area is 168 Å². The summed E-state index contributed by atoms with van der Waals surface area (Å²) in [4.78, 5) is 0. The standard InChI is InChI=1S/C21H24O8/c1-25-14-6-10(4-5-13(14)22)19-12-9-28-20(17(12)21(24)29-19)11-7-15(26-2)18(23)16(8-11)27-3/h4-8,12,17,19-24H,9H2,1-3H3/t12-,17?,19+,20+,21?/m0/s1. The van der Waals surface area contributed by atoms with Crippen LogP contribution < -0.4 is 14.2 Å². The highest BCUT2D eigenvalue weighted by atomic mass is 16.6. The fourth-order valence-corrected chi connectivity index (χ4v) is 4.25. The minimum Gasteiger partial charge on any atom is -0.504 e. The summed E-state index contributed by atoms with van der Waals surface area (Å²) in [5.41, 5.74) is 1.51. The maximum atomic E-state index is 10.7. The third kappa shape index (κ3) is 3.23. The fourth-order valence-electron chi connectivity index (χ4n) is 4.25. The number of benzene rings is 2. The van der Waals surface area contributed by atoms with E-state index in [1.54, 1.807) is 30.3 Å². The van der Waals surface area contributed by atoms with Gasteiger partial charge in [0.05, 0.1) is 40.1 Å². The summed E-state index contributed by atoms with van der Waals surface area (Å²) in [7, 11) is 4.39. The monoisotopic (exact) mass is 404 g/mol. The number of phenols is 2. The summed E-state index contributed by atoms with van der Waals surface area (Å²) in [6, 6.07) is 8.34. The van der Waals surface area contributed by atoms with Gasteiger partial charge in [0.25, 0.3) is 0 Å². The summed E-state index contributed by atoms with van der Waals surface area (Å²) >= 11 is 0. The Hall–Kier alpha value is -2.68. The zero-order valence-corrected chi connectivity index (χ0v) is 16.4. The quantitative estimate of drug-likeness (QED) is 0.698. The third-order valence-electron chi connectivity index (χ3n) is 5.68. The molecule has 8 nitrogen and oxygen atoms in total. The molecule has 0 saturated carbocycles. The van der Waals surface area contributed by atoms with Crippen molar-refractivity contribution in [3.63, 3.8) is 0 Å². The number of hydrogen-bond acceptors (Lipinski definition) is 8. The van der Waals surface area contributed by atoms with Crippen molar-refractivity contribution >= 4 is 0 Å². The highest BCUT2D eigenvalue weighted by Crippen LogP contribution is 2.54. The molecule has 0 bridgehead atoms.